The number of carboxylic acids is 1. The predicted molar refractivity (Wildman–Crippen MR) is 77.6 cm³/mol. The van der Waals surface area contributed by atoms with E-state index in [9.17, 15) is 9.59 Å². The Morgan fingerprint density at radius 2 is 2.20 bits per heavy atom. The average Bonchev–Trinajstić information content (AvgIpc) is 2.76. The average molecular weight is 296 g/mol. The molecule has 0 radical (unpaired) electrons. The van der Waals surface area contributed by atoms with Crippen LogP contribution in [0.15, 0.2) is 4.79 Å². The summed E-state index contributed by atoms with van der Waals surface area (Å²) in [5.41, 5.74) is 0.794. The van der Waals surface area contributed by atoms with E-state index in [1.54, 1.807) is 0 Å². The van der Waals surface area contributed by atoms with Gasteiger partial charge in [0.25, 0.3) is 5.56 Å². The predicted octanol–water partition coefficient (Wildman–Crippen LogP) is 1.49. The summed E-state index contributed by atoms with van der Waals surface area (Å²) in [6.07, 6.45) is 0. The van der Waals surface area contributed by atoms with Gasteiger partial charge < -0.3 is 10.4 Å². The largest absolute Gasteiger partial charge is 0.480 e. The first kappa shape index (κ1) is 14.4. The van der Waals surface area contributed by atoms with Gasteiger partial charge in [0, 0.05) is 6.54 Å². The topological polar surface area (TPSA) is 97.1 Å². The van der Waals surface area contributed by atoms with Crippen LogP contribution in [0.1, 0.15) is 32.4 Å². The van der Waals surface area contributed by atoms with Gasteiger partial charge in [-0.05, 0) is 12.8 Å². The van der Waals surface area contributed by atoms with Crippen LogP contribution in [0.5, 0.6) is 0 Å². The summed E-state index contributed by atoms with van der Waals surface area (Å²) in [6, 6.07) is 0. The third-order valence-electron chi connectivity index (χ3n) is 2.69. The molecule has 20 heavy (non-hydrogen) atoms. The third-order valence-corrected chi connectivity index (χ3v) is 3.69. The van der Waals surface area contributed by atoms with E-state index in [2.05, 4.69) is 15.4 Å². The second-order valence-corrected chi connectivity index (χ2v) is 5.62. The molecule has 2 aromatic rings. The van der Waals surface area contributed by atoms with Crippen molar-refractivity contribution in [2.24, 2.45) is 0 Å². The van der Waals surface area contributed by atoms with E-state index in [0.29, 0.717) is 27.6 Å². The van der Waals surface area contributed by atoms with Gasteiger partial charge in [-0.2, -0.15) is 5.10 Å². The highest BCUT2D eigenvalue weighted by Gasteiger charge is 2.18. The number of aliphatic carboxylic acids is 1. The lowest BCUT2D eigenvalue weighted by atomic mass is 10.1. The maximum Gasteiger partial charge on any atom is 0.325 e. The van der Waals surface area contributed by atoms with Crippen LogP contribution in [0.4, 0.5) is 5.13 Å². The summed E-state index contributed by atoms with van der Waals surface area (Å²) < 4.78 is 1.44. The summed E-state index contributed by atoms with van der Waals surface area (Å²) >= 11 is 1.23. The van der Waals surface area contributed by atoms with Gasteiger partial charge in [0.2, 0.25) is 0 Å². The van der Waals surface area contributed by atoms with Gasteiger partial charge >= 0.3 is 5.97 Å². The summed E-state index contributed by atoms with van der Waals surface area (Å²) in [5.74, 6) is -1.04. The number of nitrogens with zero attached hydrogens (tertiary/aromatic N) is 3. The first-order valence-electron chi connectivity index (χ1n) is 6.31. The van der Waals surface area contributed by atoms with Gasteiger partial charge in [-0.3, -0.25) is 9.59 Å². The van der Waals surface area contributed by atoms with Crippen LogP contribution in [0.2, 0.25) is 0 Å². The number of anilines is 1. The molecule has 0 bridgehead atoms. The maximum atomic E-state index is 12.2. The summed E-state index contributed by atoms with van der Waals surface area (Å²) in [6.45, 7) is 6.07. The number of fused-ring (bicyclic) bond motifs is 1. The zero-order chi connectivity index (χ0) is 14.9. The van der Waals surface area contributed by atoms with Crippen LogP contribution in [0.25, 0.3) is 10.2 Å². The molecule has 0 unspecified atom stereocenters. The molecule has 2 rings (SSSR count). The number of carbonyl (C=O) groups is 1. The Morgan fingerprint density at radius 3 is 2.75 bits per heavy atom. The SMILES string of the molecule is CCNc1nc2c(C(C)C)nn(CC(=O)O)c(=O)c2s1. The van der Waals surface area contributed by atoms with E-state index in [1.165, 1.54) is 11.3 Å². The van der Waals surface area contributed by atoms with E-state index in [-0.39, 0.29) is 5.92 Å². The molecule has 0 aliphatic rings. The van der Waals surface area contributed by atoms with E-state index in [4.69, 9.17) is 5.11 Å². The Labute approximate surface area is 119 Å². The second kappa shape index (κ2) is 5.58. The lowest BCUT2D eigenvalue weighted by Gasteiger charge is -2.08. The van der Waals surface area contributed by atoms with Gasteiger partial charge in [-0.25, -0.2) is 9.67 Å². The van der Waals surface area contributed by atoms with Crippen molar-refractivity contribution in [3.63, 3.8) is 0 Å². The number of carboxylic acid groups (broad SMARTS) is 1. The second-order valence-electron chi connectivity index (χ2n) is 4.62. The fourth-order valence-electron chi connectivity index (χ4n) is 1.83. The molecule has 108 valence electrons. The summed E-state index contributed by atoms with van der Waals surface area (Å²) in [7, 11) is 0. The fraction of sp³-hybridized carbons (Fsp3) is 0.500. The third kappa shape index (κ3) is 2.64. The molecule has 0 spiro atoms. The zero-order valence-electron chi connectivity index (χ0n) is 11.5. The highest BCUT2D eigenvalue weighted by atomic mass is 32.1. The van der Waals surface area contributed by atoms with Crippen LogP contribution >= 0.6 is 11.3 Å². The Bertz CT molecular complexity index is 705. The van der Waals surface area contributed by atoms with Crippen molar-refractivity contribution in [3.05, 3.63) is 16.0 Å². The monoisotopic (exact) mass is 296 g/mol. The highest BCUT2D eigenvalue weighted by molar-refractivity contribution is 7.22. The molecule has 0 fully saturated rings. The van der Waals surface area contributed by atoms with Crippen molar-refractivity contribution < 1.29 is 9.90 Å². The van der Waals surface area contributed by atoms with Crippen LogP contribution < -0.4 is 10.9 Å². The Kier molecular flexibility index (Phi) is 4.03. The number of thiazole rings is 1. The van der Waals surface area contributed by atoms with Gasteiger partial charge in [0.15, 0.2) is 5.13 Å². The minimum Gasteiger partial charge on any atom is -0.480 e. The Balaban J connectivity index is 2.70. The minimum absolute atomic E-state index is 0.0507. The molecule has 8 heteroatoms. The Hall–Kier alpha value is -1.96. The molecule has 0 aliphatic carbocycles. The van der Waals surface area contributed by atoms with E-state index in [0.717, 1.165) is 4.68 Å². The number of aromatic nitrogens is 3. The van der Waals surface area contributed by atoms with Crippen LogP contribution in [0.3, 0.4) is 0 Å². The first-order chi connectivity index (χ1) is 9.43. The normalized spacial score (nSPS) is 11.2. The standard InChI is InChI=1S/C12H16N4O3S/c1-4-13-12-14-9-8(6(2)3)15-16(5-7(17)18)11(19)10(9)20-12/h6H,4-5H2,1-3H3,(H,13,14)(H,17,18). The molecule has 2 heterocycles. The van der Waals surface area contributed by atoms with Gasteiger partial charge in [-0.15, -0.1) is 0 Å². The molecular formula is C12H16N4O3S. The van der Waals surface area contributed by atoms with Crippen LogP contribution in [-0.4, -0.2) is 32.4 Å². The molecule has 0 aromatic carbocycles. The molecule has 0 atom stereocenters. The van der Waals surface area contributed by atoms with Crippen LogP contribution in [0, 0.1) is 0 Å². The zero-order valence-corrected chi connectivity index (χ0v) is 12.3. The lowest BCUT2D eigenvalue weighted by molar-refractivity contribution is -0.138. The molecule has 2 aromatic heterocycles. The molecule has 0 aliphatic heterocycles. The number of hydrogen-bond acceptors (Lipinski definition) is 6. The molecular weight excluding hydrogens is 280 g/mol. The molecule has 7 nitrogen and oxygen atoms in total. The fourth-order valence-corrected chi connectivity index (χ4v) is 2.82. The van der Waals surface area contributed by atoms with Crippen molar-refractivity contribution in [3.8, 4) is 0 Å². The van der Waals surface area contributed by atoms with E-state index < -0.39 is 18.1 Å². The van der Waals surface area contributed by atoms with Gasteiger partial charge in [0.05, 0.1) is 5.69 Å². The summed E-state index contributed by atoms with van der Waals surface area (Å²) in [4.78, 5) is 27.4. The number of rotatable bonds is 5. The number of hydrogen-bond donors (Lipinski definition) is 2. The maximum absolute atomic E-state index is 12.2. The lowest BCUT2D eigenvalue weighted by Crippen LogP contribution is -2.27. The van der Waals surface area contributed by atoms with Gasteiger partial charge in [-0.1, -0.05) is 25.2 Å². The van der Waals surface area contributed by atoms with Crippen molar-refractivity contribution in [1.29, 1.82) is 0 Å². The van der Waals surface area contributed by atoms with Crippen molar-refractivity contribution >= 4 is 32.7 Å². The van der Waals surface area contributed by atoms with Crippen molar-refractivity contribution in [2.45, 2.75) is 33.2 Å². The molecule has 0 saturated heterocycles. The van der Waals surface area contributed by atoms with E-state index in [1.807, 2.05) is 20.8 Å². The Morgan fingerprint density at radius 1 is 1.50 bits per heavy atom. The number of nitrogens with one attached hydrogen (secondary N) is 1. The highest BCUT2D eigenvalue weighted by Crippen LogP contribution is 2.27. The molecule has 0 saturated carbocycles. The quantitative estimate of drug-likeness (QED) is 0.867. The summed E-state index contributed by atoms with van der Waals surface area (Å²) in [5, 5.41) is 16.7. The smallest absolute Gasteiger partial charge is 0.325 e. The van der Waals surface area contributed by atoms with Crippen LogP contribution in [-0.2, 0) is 11.3 Å². The van der Waals surface area contributed by atoms with Crippen molar-refractivity contribution in [2.75, 3.05) is 11.9 Å². The minimum atomic E-state index is -1.09. The van der Waals surface area contributed by atoms with Gasteiger partial charge in [0.1, 0.15) is 16.8 Å². The first-order valence-corrected chi connectivity index (χ1v) is 7.12. The molecule has 2 N–H and O–H groups in total. The van der Waals surface area contributed by atoms with Crippen molar-refractivity contribution in [1.82, 2.24) is 14.8 Å². The molecule has 0 amide bonds. The van der Waals surface area contributed by atoms with E-state index >= 15 is 0 Å².